The van der Waals surface area contributed by atoms with E-state index in [1.807, 2.05) is 17.0 Å². The summed E-state index contributed by atoms with van der Waals surface area (Å²) in [5, 5.41) is 5.18. The fraction of sp³-hybridized carbons (Fsp3) is 0.409. The number of carbonyl (C=O) groups excluding carboxylic acids is 1. The molecule has 0 unspecified atom stereocenters. The summed E-state index contributed by atoms with van der Waals surface area (Å²) in [6, 6.07) is 10.9. The molecule has 0 saturated carbocycles. The lowest BCUT2D eigenvalue weighted by Gasteiger charge is -2.36. The van der Waals surface area contributed by atoms with Crippen molar-refractivity contribution in [3.63, 3.8) is 0 Å². The van der Waals surface area contributed by atoms with Crippen LogP contribution in [0, 0.1) is 0 Å². The maximum absolute atomic E-state index is 13.1. The first-order valence-corrected chi connectivity index (χ1v) is 13.3. The molecular formula is C22H29N3O6S2. The Morgan fingerprint density at radius 3 is 1.94 bits per heavy atom. The maximum Gasteiger partial charge on any atom is 0.340 e. The van der Waals surface area contributed by atoms with Crippen molar-refractivity contribution in [2.75, 3.05) is 38.2 Å². The highest BCUT2D eigenvalue weighted by molar-refractivity contribution is 7.89. The summed E-state index contributed by atoms with van der Waals surface area (Å²) >= 11 is 0. The number of benzene rings is 2. The lowest BCUT2D eigenvalue weighted by atomic mass is 9.87. The van der Waals surface area contributed by atoms with Gasteiger partial charge in [0.15, 0.2) is 0 Å². The molecule has 3 rings (SSSR count). The normalized spacial score (nSPS) is 16.0. The van der Waals surface area contributed by atoms with Crippen LogP contribution in [0.5, 0.6) is 0 Å². The predicted molar refractivity (Wildman–Crippen MR) is 125 cm³/mol. The number of anilines is 1. The SMILES string of the molecule is COC(=O)c1cc(S(N)(=O)=O)ccc1N1CCN(S(=O)(=O)c2ccc(C(C)(C)C)cc2)CC1. The molecule has 0 aliphatic carbocycles. The topological polar surface area (TPSA) is 127 Å². The average molecular weight is 496 g/mol. The molecule has 2 aromatic carbocycles. The van der Waals surface area contributed by atoms with Crippen LogP contribution < -0.4 is 10.0 Å². The van der Waals surface area contributed by atoms with Crippen molar-refractivity contribution in [1.82, 2.24) is 4.31 Å². The van der Waals surface area contributed by atoms with Crippen LogP contribution in [0.3, 0.4) is 0 Å². The minimum absolute atomic E-state index is 0.0538. The van der Waals surface area contributed by atoms with Gasteiger partial charge in [-0.1, -0.05) is 32.9 Å². The van der Waals surface area contributed by atoms with Crippen LogP contribution in [0.25, 0.3) is 0 Å². The van der Waals surface area contributed by atoms with Crippen molar-refractivity contribution in [3.8, 4) is 0 Å². The number of methoxy groups -OCH3 is 1. The Kier molecular flexibility index (Phi) is 6.90. The van der Waals surface area contributed by atoms with Crippen molar-refractivity contribution in [2.24, 2.45) is 5.14 Å². The highest BCUT2D eigenvalue weighted by atomic mass is 32.2. The number of nitrogens with zero attached hydrogens (tertiary/aromatic N) is 2. The third-order valence-electron chi connectivity index (χ3n) is 5.64. The lowest BCUT2D eigenvalue weighted by molar-refractivity contribution is 0.0601. The Labute approximate surface area is 195 Å². The standard InChI is InChI=1S/C22H29N3O6S2/c1-22(2,3)16-5-7-17(8-6-16)33(29,30)25-13-11-24(12-14-25)20-10-9-18(32(23,27)28)15-19(20)21(26)31-4/h5-10,15H,11-14H2,1-4H3,(H2,23,27,28). The van der Waals surface area contributed by atoms with Gasteiger partial charge in [-0.3, -0.25) is 0 Å². The van der Waals surface area contributed by atoms with Crippen LogP contribution in [0.1, 0.15) is 36.7 Å². The number of carbonyl (C=O) groups is 1. The van der Waals surface area contributed by atoms with Crippen LogP contribution in [-0.4, -0.2) is 60.4 Å². The third-order valence-corrected chi connectivity index (χ3v) is 8.46. The van der Waals surface area contributed by atoms with Gasteiger partial charge in [0.05, 0.1) is 28.2 Å². The van der Waals surface area contributed by atoms with Gasteiger partial charge in [0, 0.05) is 26.2 Å². The maximum atomic E-state index is 13.1. The van der Waals surface area contributed by atoms with Crippen molar-refractivity contribution >= 4 is 31.7 Å². The zero-order valence-corrected chi connectivity index (χ0v) is 20.7. The second-order valence-electron chi connectivity index (χ2n) is 8.88. The quantitative estimate of drug-likeness (QED) is 0.628. The van der Waals surface area contributed by atoms with Gasteiger partial charge in [0.25, 0.3) is 0 Å². The summed E-state index contributed by atoms with van der Waals surface area (Å²) in [4.78, 5) is 14.1. The molecule has 9 nitrogen and oxygen atoms in total. The van der Waals surface area contributed by atoms with Crippen molar-refractivity contribution in [2.45, 2.75) is 36.0 Å². The fourth-order valence-corrected chi connectivity index (χ4v) is 5.65. The van der Waals surface area contributed by atoms with E-state index in [0.29, 0.717) is 18.8 Å². The molecule has 1 aliphatic heterocycles. The molecular weight excluding hydrogens is 466 g/mol. The van der Waals surface area contributed by atoms with Gasteiger partial charge >= 0.3 is 5.97 Å². The van der Waals surface area contributed by atoms with Gasteiger partial charge in [-0.2, -0.15) is 4.31 Å². The minimum atomic E-state index is -4.00. The van der Waals surface area contributed by atoms with E-state index in [-0.39, 0.29) is 33.9 Å². The van der Waals surface area contributed by atoms with Crippen LogP contribution in [0.2, 0.25) is 0 Å². The van der Waals surface area contributed by atoms with E-state index in [1.165, 1.54) is 29.6 Å². The molecule has 0 atom stereocenters. The monoisotopic (exact) mass is 495 g/mol. The van der Waals surface area contributed by atoms with Gasteiger partial charge in [-0.25, -0.2) is 26.8 Å². The molecule has 0 radical (unpaired) electrons. The molecule has 1 fully saturated rings. The molecule has 0 spiro atoms. The zero-order chi connectivity index (χ0) is 24.6. The number of hydrogen-bond acceptors (Lipinski definition) is 7. The Morgan fingerprint density at radius 2 is 1.45 bits per heavy atom. The first-order chi connectivity index (χ1) is 15.2. The third kappa shape index (κ3) is 5.37. The summed E-state index contributed by atoms with van der Waals surface area (Å²) in [6.07, 6.45) is 0. The molecule has 0 aromatic heterocycles. The van der Waals surface area contributed by atoms with Gasteiger partial charge in [-0.15, -0.1) is 0 Å². The molecule has 2 N–H and O–H groups in total. The smallest absolute Gasteiger partial charge is 0.340 e. The second-order valence-corrected chi connectivity index (χ2v) is 12.4. The summed E-state index contributed by atoms with van der Waals surface area (Å²) < 4.78 is 55.8. The molecule has 11 heteroatoms. The van der Waals surface area contributed by atoms with Crippen molar-refractivity contribution < 1.29 is 26.4 Å². The number of hydrogen-bond donors (Lipinski definition) is 1. The van der Waals surface area contributed by atoms with E-state index in [0.717, 1.165) is 5.56 Å². The highest BCUT2D eigenvalue weighted by Gasteiger charge is 2.30. The Hall–Kier alpha value is -2.47. The van der Waals surface area contributed by atoms with E-state index in [4.69, 9.17) is 9.88 Å². The van der Waals surface area contributed by atoms with E-state index < -0.39 is 26.0 Å². The van der Waals surface area contributed by atoms with Gasteiger partial charge in [0.1, 0.15) is 0 Å². The number of piperazine rings is 1. The number of nitrogens with two attached hydrogens (primary N) is 1. The van der Waals surface area contributed by atoms with Crippen LogP contribution in [-0.2, 0) is 30.2 Å². The van der Waals surface area contributed by atoms with Gasteiger partial charge in [0.2, 0.25) is 20.0 Å². The predicted octanol–water partition coefficient (Wildman–Crippen LogP) is 1.93. The highest BCUT2D eigenvalue weighted by Crippen LogP contribution is 2.28. The molecule has 1 heterocycles. The number of sulfonamides is 2. The number of esters is 1. The van der Waals surface area contributed by atoms with E-state index >= 15 is 0 Å². The van der Waals surface area contributed by atoms with E-state index in [1.54, 1.807) is 12.1 Å². The van der Waals surface area contributed by atoms with E-state index in [9.17, 15) is 21.6 Å². The van der Waals surface area contributed by atoms with Crippen LogP contribution in [0.15, 0.2) is 52.3 Å². The first kappa shape index (κ1) is 25.2. The Morgan fingerprint density at radius 1 is 0.909 bits per heavy atom. The first-order valence-electron chi connectivity index (χ1n) is 10.4. The average Bonchev–Trinajstić information content (AvgIpc) is 2.77. The molecule has 1 saturated heterocycles. The van der Waals surface area contributed by atoms with Gasteiger partial charge in [-0.05, 0) is 41.3 Å². The fourth-order valence-electron chi connectivity index (χ4n) is 3.69. The minimum Gasteiger partial charge on any atom is -0.465 e. The molecule has 1 aliphatic rings. The molecule has 0 amide bonds. The molecule has 0 bridgehead atoms. The molecule has 2 aromatic rings. The summed E-state index contributed by atoms with van der Waals surface area (Å²) in [6.45, 7) is 7.24. The van der Waals surface area contributed by atoms with Crippen LogP contribution >= 0.6 is 0 Å². The summed E-state index contributed by atoms with van der Waals surface area (Å²) in [7, 11) is -6.47. The second kappa shape index (κ2) is 9.05. The largest absolute Gasteiger partial charge is 0.465 e. The Balaban J connectivity index is 1.81. The lowest BCUT2D eigenvalue weighted by Crippen LogP contribution is -2.49. The molecule has 180 valence electrons. The van der Waals surface area contributed by atoms with Gasteiger partial charge < -0.3 is 9.64 Å². The summed E-state index contributed by atoms with van der Waals surface area (Å²) in [5.41, 5.74) is 1.48. The number of primary sulfonamides is 1. The number of ether oxygens (including phenoxy) is 1. The Bertz CT molecular complexity index is 1240. The zero-order valence-electron chi connectivity index (χ0n) is 19.1. The van der Waals surface area contributed by atoms with Crippen molar-refractivity contribution in [1.29, 1.82) is 0 Å². The molecule has 33 heavy (non-hydrogen) atoms. The number of rotatable bonds is 5. The van der Waals surface area contributed by atoms with Crippen LogP contribution in [0.4, 0.5) is 5.69 Å². The van der Waals surface area contributed by atoms with Crippen molar-refractivity contribution in [3.05, 3.63) is 53.6 Å². The summed E-state index contributed by atoms with van der Waals surface area (Å²) in [5.74, 6) is -0.704. The van der Waals surface area contributed by atoms with E-state index in [2.05, 4.69) is 20.8 Å².